The zero-order valence-electron chi connectivity index (χ0n) is 21.1. The third-order valence-corrected chi connectivity index (χ3v) is 7.72. The number of hydrogen-bond acceptors (Lipinski definition) is 7. The van der Waals surface area contributed by atoms with Gasteiger partial charge in [-0.1, -0.05) is 36.4 Å². The Morgan fingerprint density at radius 3 is 2.18 bits per heavy atom. The smallest absolute Gasteiger partial charge is 0.262 e. The highest BCUT2D eigenvalue weighted by atomic mass is 32.2. The first kappa shape index (κ1) is 25.7. The molecule has 0 atom stereocenters. The van der Waals surface area contributed by atoms with Crippen LogP contribution in [0.1, 0.15) is 15.9 Å². The van der Waals surface area contributed by atoms with Gasteiger partial charge in [0.25, 0.3) is 15.9 Å². The number of aromatic nitrogens is 2. The zero-order valence-corrected chi connectivity index (χ0v) is 22.0. The first-order valence-corrected chi connectivity index (χ1v) is 13.5. The number of hydrogen-bond donors (Lipinski definition) is 4. The van der Waals surface area contributed by atoms with E-state index in [1.807, 2.05) is 30.3 Å². The average molecular weight is 540 g/mol. The Labute approximate surface area is 225 Å². The summed E-state index contributed by atoms with van der Waals surface area (Å²) < 4.78 is 29.1. The van der Waals surface area contributed by atoms with Crippen molar-refractivity contribution in [1.29, 1.82) is 0 Å². The number of fused-ring (bicyclic) bond motifs is 1. The number of nitrogens with one attached hydrogen (secondary N) is 3. The Morgan fingerprint density at radius 2 is 1.49 bits per heavy atom. The Hall–Kier alpha value is -4.96. The summed E-state index contributed by atoms with van der Waals surface area (Å²) in [7, 11) is -2.34. The van der Waals surface area contributed by atoms with Crippen LogP contribution in [0.4, 0.5) is 17.2 Å². The van der Waals surface area contributed by atoms with Gasteiger partial charge in [-0.25, -0.2) is 8.42 Å². The van der Waals surface area contributed by atoms with Crippen LogP contribution in [0.15, 0.2) is 95.9 Å². The van der Waals surface area contributed by atoms with Crippen molar-refractivity contribution < 1.29 is 18.3 Å². The maximum absolute atomic E-state index is 13.3. The van der Waals surface area contributed by atoms with Crippen molar-refractivity contribution in [3.63, 3.8) is 0 Å². The minimum Gasteiger partial charge on any atom is -0.508 e. The predicted octanol–water partition coefficient (Wildman–Crippen LogP) is 5.21. The second-order valence-electron chi connectivity index (χ2n) is 8.86. The number of rotatable bonds is 7. The van der Waals surface area contributed by atoms with Gasteiger partial charge in [-0.2, -0.15) is 0 Å². The topological polar surface area (TPSA) is 133 Å². The first-order valence-electron chi connectivity index (χ1n) is 12.0. The molecule has 4 N–H and O–H groups in total. The van der Waals surface area contributed by atoms with Crippen molar-refractivity contribution in [3.8, 4) is 17.0 Å². The number of sulfonamides is 1. The summed E-state index contributed by atoms with van der Waals surface area (Å²) in [5.74, 6) is 0.394. The number of phenolic OH excluding ortho intramolecular Hbond substituents is 1. The van der Waals surface area contributed by atoms with Gasteiger partial charge < -0.3 is 15.7 Å². The number of carbonyl (C=O) groups is 1. The second-order valence-corrected chi connectivity index (χ2v) is 10.5. The lowest BCUT2D eigenvalue weighted by Gasteiger charge is -2.14. The zero-order chi connectivity index (χ0) is 27.6. The van der Waals surface area contributed by atoms with Gasteiger partial charge in [0, 0.05) is 40.3 Å². The minimum atomic E-state index is -3.92. The lowest BCUT2D eigenvalue weighted by atomic mass is 10.0. The molecule has 0 radical (unpaired) electrons. The maximum Gasteiger partial charge on any atom is 0.262 e. The van der Waals surface area contributed by atoms with Gasteiger partial charge in [0.1, 0.15) is 11.4 Å². The van der Waals surface area contributed by atoms with Crippen LogP contribution in [0.5, 0.6) is 5.75 Å². The van der Waals surface area contributed by atoms with Crippen LogP contribution >= 0.6 is 0 Å². The first-order chi connectivity index (χ1) is 18.7. The number of aromatic hydroxyl groups is 1. The highest BCUT2D eigenvalue weighted by Gasteiger charge is 2.20. The van der Waals surface area contributed by atoms with Gasteiger partial charge in [-0.05, 0) is 67.1 Å². The summed E-state index contributed by atoms with van der Waals surface area (Å²) >= 11 is 0. The molecule has 10 heteroatoms. The van der Waals surface area contributed by atoms with Crippen molar-refractivity contribution in [3.05, 3.63) is 102 Å². The molecule has 5 aromatic rings. The molecule has 0 aliphatic heterocycles. The molecule has 196 valence electrons. The summed E-state index contributed by atoms with van der Waals surface area (Å²) in [6.07, 6.45) is 0. The molecular formula is C29H25N5O4S. The maximum atomic E-state index is 13.3. The third-order valence-electron chi connectivity index (χ3n) is 6.19. The van der Waals surface area contributed by atoms with Crippen LogP contribution in [0.3, 0.4) is 0 Å². The second kappa shape index (κ2) is 10.4. The van der Waals surface area contributed by atoms with Crippen molar-refractivity contribution in [2.45, 2.75) is 11.8 Å². The van der Waals surface area contributed by atoms with E-state index in [4.69, 9.17) is 0 Å². The summed E-state index contributed by atoms with van der Waals surface area (Å²) in [6.45, 7) is 1.72. The number of carbonyl (C=O) groups excluding carboxylic acids is 1. The fourth-order valence-electron chi connectivity index (χ4n) is 4.17. The van der Waals surface area contributed by atoms with Gasteiger partial charge in [0.15, 0.2) is 5.82 Å². The van der Waals surface area contributed by atoms with Gasteiger partial charge in [-0.3, -0.25) is 9.52 Å². The van der Waals surface area contributed by atoms with E-state index in [-0.39, 0.29) is 16.6 Å². The molecule has 1 aromatic heterocycles. The molecule has 0 saturated carbocycles. The molecule has 0 unspecified atom stereocenters. The van der Waals surface area contributed by atoms with Crippen LogP contribution in [0.2, 0.25) is 0 Å². The molecule has 4 aromatic carbocycles. The number of nitrogens with zero attached hydrogens (tertiary/aromatic N) is 2. The number of benzene rings is 4. The van der Waals surface area contributed by atoms with E-state index >= 15 is 0 Å². The van der Waals surface area contributed by atoms with E-state index in [2.05, 4.69) is 25.6 Å². The summed E-state index contributed by atoms with van der Waals surface area (Å²) in [4.78, 5) is 11.9. The van der Waals surface area contributed by atoms with Crippen LogP contribution in [0.25, 0.3) is 22.0 Å². The van der Waals surface area contributed by atoms with E-state index in [1.165, 1.54) is 24.3 Å². The molecule has 0 aliphatic carbocycles. The largest absolute Gasteiger partial charge is 0.508 e. The van der Waals surface area contributed by atoms with Crippen molar-refractivity contribution in [1.82, 2.24) is 15.5 Å². The Kier molecular flexibility index (Phi) is 6.86. The SMILES string of the molecule is CNC(=O)c1ccc(Nc2nnc(-c3ccc(C)c(S(=O)(=O)Nc4ccc(O)cc4)c3)c3ccccc23)cc1. The fourth-order valence-corrected chi connectivity index (χ4v) is 5.50. The van der Waals surface area contributed by atoms with E-state index < -0.39 is 10.0 Å². The quantitative estimate of drug-likeness (QED) is 0.209. The van der Waals surface area contributed by atoms with Gasteiger partial charge in [0.05, 0.1) is 4.90 Å². The molecule has 1 amide bonds. The van der Waals surface area contributed by atoms with Gasteiger partial charge in [-0.15, -0.1) is 10.2 Å². The fraction of sp³-hybridized carbons (Fsp3) is 0.0690. The van der Waals surface area contributed by atoms with E-state index in [0.717, 1.165) is 16.5 Å². The monoisotopic (exact) mass is 539 g/mol. The molecule has 39 heavy (non-hydrogen) atoms. The highest BCUT2D eigenvalue weighted by Crippen LogP contribution is 2.33. The number of anilines is 3. The Balaban J connectivity index is 1.51. The van der Waals surface area contributed by atoms with Crippen LogP contribution in [-0.2, 0) is 10.0 Å². The van der Waals surface area contributed by atoms with Crippen molar-refractivity contribution in [2.24, 2.45) is 0 Å². The van der Waals surface area contributed by atoms with E-state index in [0.29, 0.717) is 33.9 Å². The summed E-state index contributed by atoms with van der Waals surface area (Å²) in [5, 5.41) is 25.8. The Bertz CT molecular complexity index is 1790. The molecule has 5 rings (SSSR count). The van der Waals surface area contributed by atoms with Crippen LogP contribution < -0.4 is 15.4 Å². The lowest BCUT2D eigenvalue weighted by Crippen LogP contribution is -2.17. The normalized spacial score (nSPS) is 11.2. The molecule has 0 aliphatic rings. The highest BCUT2D eigenvalue weighted by molar-refractivity contribution is 7.92. The minimum absolute atomic E-state index is 0.0421. The molecule has 1 heterocycles. The van der Waals surface area contributed by atoms with Gasteiger partial charge >= 0.3 is 0 Å². The lowest BCUT2D eigenvalue weighted by molar-refractivity contribution is 0.0963. The van der Waals surface area contributed by atoms with Crippen molar-refractivity contribution in [2.75, 3.05) is 17.1 Å². The number of phenols is 1. The predicted molar refractivity (Wildman–Crippen MR) is 152 cm³/mol. The molecule has 0 bridgehead atoms. The van der Waals surface area contributed by atoms with E-state index in [1.54, 1.807) is 50.4 Å². The molecule has 9 nitrogen and oxygen atoms in total. The standard InChI is InChI=1S/C29H25N5O4S/c1-18-7-8-20(17-26(18)39(37,38)34-22-13-15-23(35)16-14-22)27-24-5-3-4-6-25(24)28(33-32-27)31-21-11-9-19(10-12-21)29(36)30-2/h3-17,34-35H,1-2H3,(H,30,36)(H,31,33). The average Bonchev–Trinajstić information content (AvgIpc) is 2.94. The summed E-state index contributed by atoms with van der Waals surface area (Å²) in [5.41, 5.74) is 3.31. The van der Waals surface area contributed by atoms with Crippen molar-refractivity contribution >= 4 is 43.9 Å². The van der Waals surface area contributed by atoms with Crippen LogP contribution in [-0.4, -0.2) is 36.7 Å². The molecular weight excluding hydrogens is 514 g/mol. The number of aryl methyl sites for hydroxylation is 1. The van der Waals surface area contributed by atoms with Gasteiger partial charge in [0.2, 0.25) is 0 Å². The Morgan fingerprint density at radius 1 is 0.821 bits per heavy atom. The third kappa shape index (κ3) is 5.36. The van der Waals surface area contributed by atoms with Crippen LogP contribution in [0, 0.1) is 6.92 Å². The number of amides is 1. The summed E-state index contributed by atoms with van der Waals surface area (Å²) in [6, 6.07) is 25.5. The molecule has 0 saturated heterocycles. The molecule has 0 spiro atoms. The van der Waals surface area contributed by atoms with E-state index in [9.17, 15) is 18.3 Å². The molecule has 0 fully saturated rings.